The molecule has 0 saturated heterocycles. The summed E-state index contributed by atoms with van der Waals surface area (Å²) in [5.74, 6) is 0. The van der Waals surface area contributed by atoms with Crippen molar-refractivity contribution in [1.29, 1.82) is 0 Å². The van der Waals surface area contributed by atoms with Crippen molar-refractivity contribution in [2.45, 2.75) is 13.3 Å². The molecule has 14 heavy (non-hydrogen) atoms. The lowest BCUT2D eigenvalue weighted by molar-refractivity contribution is 0.158. The molecule has 5 heteroatoms. The summed E-state index contributed by atoms with van der Waals surface area (Å²) in [6, 6.07) is 0. The van der Waals surface area contributed by atoms with Gasteiger partial charge in [-0.25, -0.2) is 4.79 Å². The Hall–Kier alpha value is -1.38. The molecule has 0 N–H and O–H groups in total. The molecular formula is C9H9ClN2O2. The van der Waals surface area contributed by atoms with E-state index in [1.165, 1.54) is 6.08 Å². The van der Waals surface area contributed by atoms with E-state index < -0.39 is 0 Å². The average molecular weight is 213 g/mol. The summed E-state index contributed by atoms with van der Waals surface area (Å²) in [7, 11) is 0. The van der Waals surface area contributed by atoms with Crippen LogP contribution in [-0.4, -0.2) is 18.4 Å². The van der Waals surface area contributed by atoms with Crippen molar-refractivity contribution in [3.8, 4) is 0 Å². The number of aliphatic imine (C=N–C) groups is 1. The molecule has 1 aliphatic carbocycles. The highest BCUT2D eigenvalue weighted by Gasteiger charge is 2.12. The normalized spacial score (nSPS) is 18.3. The van der Waals surface area contributed by atoms with E-state index in [0.717, 1.165) is 0 Å². The van der Waals surface area contributed by atoms with E-state index >= 15 is 0 Å². The van der Waals surface area contributed by atoms with E-state index in [9.17, 15) is 4.79 Å². The summed E-state index contributed by atoms with van der Waals surface area (Å²) in [6.45, 7) is 2.30. The summed E-state index contributed by atoms with van der Waals surface area (Å²) in [4.78, 5) is 18.4. The van der Waals surface area contributed by atoms with E-state index in [0.29, 0.717) is 29.5 Å². The third kappa shape index (κ3) is 2.83. The van der Waals surface area contributed by atoms with Crippen LogP contribution in [-0.2, 0) is 9.63 Å². The van der Waals surface area contributed by atoms with Crippen molar-refractivity contribution in [2.24, 2.45) is 10.1 Å². The van der Waals surface area contributed by atoms with Gasteiger partial charge in [-0.1, -0.05) is 16.8 Å². The van der Waals surface area contributed by atoms with Gasteiger partial charge in [0.25, 0.3) is 0 Å². The summed E-state index contributed by atoms with van der Waals surface area (Å²) < 4.78 is 0. The Morgan fingerprint density at radius 1 is 1.64 bits per heavy atom. The van der Waals surface area contributed by atoms with Crippen LogP contribution in [0.4, 0.5) is 0 Å². The van der Waals surface area contributed by atoms with Crippen LogP contribution in [0.3, 0.4) is 0 Å². The lowest BCUT2D eigenvalue weighted by atomic mass is 10.1. The number of rotatable bonds is 3. The molecule has 4 nitrogen and oxygen atoms in total. The lowest BCUT2D eigenvalue weighted by Gasteiger charge is -2.08. The topological polar surface area (TPSA) is 51.0 Å². The first-order chi connectivity index (χ1) is 6.77. The standard InChI is InChI=1S/C9H9ClN2O2/c1-2-14-12-9-5-7(11-6-13)3-4-8(9)10/h3-4H,2,5H2,1H3. The van der Waals surface area contributed by atoms with Crippen molar-refractivity contribution in [1.82, 2.24) is 0 Å². The van der Waals surface area contributed by atoms with Gasteiger partial charge in [-0.15, -0.1) is 0 Å². The third-order valence-electron chi connectivity index (χ3n) is 1.54. The zero-order valence-corrected chi connectivity index (χ0v) is 8.41. The smallest absolute Gasteiger partial charge is 0.240 e. The summed E-state index contributed by atoms with van der Waals surface area (Å²) >= 11 is 5.85. The van der Waals surface area contributed by atoms with Crippen molar-refractivity contribution in [3.63, 3.8) is 0 Å². The van der Waals surface area contributed by atoms with Crippen LogP contribution in [0.15, 0.2) is 33.0 Å². The molecule has 0 amide bonds. The molecule has 0 saturated carbocycles. The molecule has 0 fully saturated rings. The molecule has 0 radical (unpaired) electrons. The van der Waals surface area contributed by atoms with Gasteiger partial charge < -0.3 is 4.84 Å². The van der Waals surface area contributed by atoms with Gasteiger partial charge in [0.15, 0.2) is 0 Å². The van der Waals surface area contributed by atoms with Crippen molar-refractivity contribution in [3.05, 3.63) is 22.9 Å². The predicted molar refractivity (Wildman–Crippen MR) is 53.8 cm³/mol. The fraction of sp³-hybridized carbons (Fsp3) is 0.333. The lowest BCUT2D eigenvalue weighted by Crippen LogP contribution is -2.04. The van der Waals surface area contributed by atoms with E-state index in [-0.39, 0.29) is 0 Å². The molecule has 0 heterocycles. The minimum atomic E-state index is 0.393. The zero-order valence-electron chi connectivity index (χ0n) is 7.66. The Labute approximate surface area is 86.6 Å². The Kier molecular flexibility index (Phi) is 4.11. The van der Waals surface area contributed by atoms with Gasteiger partial charge in [0.05, 0.1) is 10.7 Å². The van der Waals surface area contributed by atoms with Gasteiger partial charge >= 0.3 is 0 Å². The SMILES string of the molecule is CCON=C1CC(N=C=O)=CC=C1Cl. The minimum Gasteiger partial charge on any atom is -0.396 e. The number of oxime groups is 1. The molecule has 0 bridgehead atoms. The van der Waals surface area contributed by atoms with Gasteiger partial charge in [0.2, 0.25) is 6.08 Å². The van der Waals surface area contributed by atoms with E-state index in [2.05, 4.69) is 10.1 Å². The number of nitrogens with zero attached hydrogens (tertiary/aromatic N) is 2. The second-order valence-corrected chi connectivity index (χ2v) is 2.92. The largest absolute Gasteiger partial charge is 0.396 e. The van der Waals surface area contributed by atoms with Gasteiger partial charge in [-0.3, -0.25) is 0 Å². The van der Waals surface area contributed by atoms with Crippen LogP contribution in [0.2, 0.25) is 0 Å². The van der Waals surface area contributed by atoms with E-state index in [1.54, 1.807) is 12.2 Å². The van der Waals surface area contributed by atoms with Gasteiger partial charge in [0, 0.05) is 6.42 Å². The highest BCUT2D eigenvalue weighted by Crippen LogP contribution is 2.19. The quantitative estimate of drug-likeness (QED) is 0.409. The second-order valence-electron chi connectivity index (χ2n) is 2.51. The average Bonchev–Trinajstić information content (AvgIpc) is 2.19. The number of carbonyl (C=O) groups excluding carboxylic acids is 1. The van der Waals surface area contributed by atoms with Crippen molar-refractivity contribution < 1.29 is 9.63 Å². The molecule has 1 aliphatic rings. The molecule has 0 aromatic heterocycles. The fourth-order valence-electron chi connectivity index (χ4n) is 0.934. The van der Waals surface area contributed by atoms with Crippen LogP contribution in [0.25, 0.3) is 0 Å². The minimum absolute atomic E-state index is 0.393. The number of halogens is 1. The number of allylic oxidation sites excluding steroid dienone is 4. The molecule has 1 rings (SSSR count). The summed E-state index contributed by atoms with van der Waals surface area (Å²) in [5, 5.41) is 4.30. The molecule has 0 spiro atoms. The van der Waals surface area contributed by atoms with Crippen LogP contribution in [0.1, 0.15) is 13.3 Å². The maximum atomic E-state index is 10.0. The molecule has 0 atom stereocenters. The van der Waals surface area contributed by atoms with Crippen LogP contribution in [0, 0.1) is 0 Å². The third-order valence-corrected chi connectivity index (χ3v) is 1.88. The van der Waals surface area contributed by atoms with Gasteiger partial charge in [-0.2, -0.15) is 4.99 Å². The highest BCUT2D eigenvalue weighted by molar-refractivity contribution is 6.44. The maximum absolute atomic E-state index is 10.0. The van der Waals surface area contributed by atoms with Gasteiger partial charge in [-0.05, 0) is 19.1 Å². The van der Waals surface area contributed by atoms with E-state index in [4.69, 9.17) is 16.4 Å². The number of isocyanates is 1. The Balaban J connectivity index is 2.80. The predicted octanol–water partition coefficient (Wildman–Crippen LogP) is 2.12. The number of hydrogen-bond donors (Lipinski definition) is 0. The zero-order chi connectivity index (χ0) is 10.4. The van der Waals surface area contributed by atoms with Gasteiger partial charge in [0.1, 0.15) is 12.3 Å². The Morgan fingerprint density at radius 2 is 2.43 bits per heavy atom. The van der Waals surface area contributed by atoms with E-state index in [1.807, 2.05) is 6.92 Å². The monoisotopic (exact) mass is 212 g/mol. The molecule has 0 aliphatic heterocycles. The molecule has 0 aromatic rings. The Bertz CT molecular complexity index is 352. The first-order valence-electron chi connectivity index (χ1n) is 4.11. The molecule has 0 unspecified atom stereocenters. The maximum Gasteiger partial charge on any atom is 0.240 e. The highest BCUT2D eigenvalue weighted by atomic mass is 35.5. The van der Waals surface area contributed by atoms with Crippen LogP contribution >= 0.6 is 11.6 Å². The van der Waals surface area contributed by atoms with Crippen LogP contribution in [0.5, 0.6) is 0 Å². The Morgan fingerprint density at radius 3 is 3.07 bits per heavy atom. The number of hydrogen-bond acceptors (Lipinski definition) is 4. The van der Waals surface area contributed by atoms with Crippen molar-refractivity contribution in [2.75, 3.05) is 6.61 Å². The fourth-order valence-corrected chi connectivity index (χ4v) is 1.10. The first kappa shape index (κ1) is 10.7. The molecular weight excluding hydrogens is 204 g/mol. The molecule has 0 aromatic carbocycles. The molecule has 74 valence electrons. The van der Waals surface area contributed by atoms with Crippen molar-refractivity contribution >= 4 is 23.4 Å². The summed E-state index contributed by atoms with van der Waals surface area (Å²) in [5.41, 5.74) is 1.15. The first-order valence-corrected chi connectivity index (χ1v) is 4.49. The second kappa shape index (κ2) is 5.37. The van der Waals surface area contributed by atoms with Crippen LogP contribution < -0.4 is 0 Å². The summed E-state index contributed by atoms with van der Waals surface area (Å²) in [6.07, 6.45) is 5.14.